The van der Waals surface area contributed by atoms with Crippen LogP contribution in [0, 0.1) is 0 Å². The molecule has 2 fully saturated rings. The molecule has 1 N–H and O–H groups in total. The number of aromatic nitrogens is 2. The van der Waals surface area contributed by atoms with Gasteiger partial charge in [-0.1, -0.05) is 19.3 Å². The van der Waals surface area contributed by atoms with Crippen LogP contribution in [0.4, 0.5) is 5.69 Å². The minimum absolute atomic E-state index is 0.0185. The zero-order valence-electron chi connectivity index (χ0n) is 12.6. The van der Waals surface area contributed by atoms with E-state index in [9.17, 15) is 9.59 Å². The Balaban J connectivity index is 1.96. The standard InChI is InChI=1S/C15H22N4O2/c1-3-18-10-12(9-16-18)19-11(2)13(20)17-15(14(19)21)7-5-4-6-8-15/h9-11H,3-8H2,1-2H3,(H,17,20). The quantitative estimate of drug-likeness (QED) is 0.896. The molecule has 0 radical (unpaired) electrons. The predicted molar refractivity (Wildman–Crippen MR) is 78.8 cm³/mol. The summed E-state index contributed by atoms with van der Waals surface area (Å²) < 4.78 is 1.77. The van der Waals surface area contributed by atoms with Crippen LogP contribution in [-0.2, 0) is 16.1 Å². The van der Waals surface area contributed by atoms with Crippen LogP contribution in [-0.4, -0.2) is 33.2 Å². The van der Waals surface area contributed by atoms with Crippen LogP contribution >= 0.6 is 0 Å². The van der Waals surface area contributed by atoms with Crippen molar-refractivity contribution < 1.29 is 9.59 Å². The van der Waals surface area contributed by atoms with Gasteiger partial charge in [0.25, 0.3) is 5.91 Å². The highest BCUT2D eigenvalue weighted by Crippen LogP contribution is 2.35. The van der Waals surface area contributed by atoms with E-state index in [1.807, 2.05) is 13.1 Å². The third-order valence-corrected chi connectivity index (χ3v) is 4.69. The van der Waals surface area contributed by atoms with Crippen LogP contribution in [0.2, 0.25) is 0 Å². The lowest BCUT2D eigenvalue weighted by molar-refractivity contribution is -0.139. The van der Waals surface area contributed by atoms with Crippen LogP contribution in [0.25, 0.3) is 0 Å². The van der Waals surface area contributed by atoms with E-state index in [0.29, 0.717) is 5.69 Å². The van der Waals surface area contributed by atoms with Gasteiger partial charge in [0, 0.05) is 12.7 Å². The lowest BCUT2D eigenvalue weighted by Crippen LogP contribution is -2.70. The van der Waals surface area contributed by atoms with Gasteiger partial charge < -0.3 is 5.32 Å². The summed E-state index contributed by atoms with van der Waals surface area (Å²) in [7, 11) is 0. The molecule has 1 saturated carbocycles. The molecule has 6 nitrogen and oxygen atoms in total. The Morgan fingerprint density at radius 1 is 1.33 bits per heavy atom. The van der Waals surface area contributed by atoms with Gasteiger partial charge in [0.2, 0.25) is 5.91 Å². The summed E-state index contributed by atoms with van der Waals surface area (Å²) in [5.74, 6) is -0.0503. The van der Waals surface area contributed by atoms with Gasteiger partial charge in [-0.2, -0.15) is 5.10 Å². The Morgan fingerprint density at radius 2 is 2.05 bits per heavy atom. The van der Waals surface area contributed by atoms with Crippen molar-refractivity contribution in [3.63, 3.8) is 0 Å². The first-order valence-electron chi connectivity index (χ1n) is 7.75. The fourth-order valence-electron chi connectivity index (χ4n) is 3.40. The van der Waals surface area contributed by atoms with Gasteiger partial charge in [0.15, 0.2) is 0 Å². The molecule has 2 amide bonds. The smallest absolute Gasteiger partial charge is 0.253 e. The van der Waals surface area contributed by atoms with E-state index in [1.54, 1.807) is 22.7 Å². The number of aryl methyl sites for hydroxylation is 1. The van der Waals surface area contributed by atoms with Crippen molar-refractivity contribution in [3.05, 3.63) is 12.4 Å². The molecule has 1 aromatic rings. The average Bonchev–Trinajstić information content (AvgIpc) is 2.95. The highest BCUT2D eigenvalue weighted by Gasteiger charge is 2.50. The molecule has 1 aromatic heterocycles. The van der Waals surface area contributed by atoms with Crippen molar-refractivity contribution in [2.45, 2.75) is 64.1 Å². The second-order valence-electron chi connectivity index (χ2n) is 6.04. The first-order valence-corrected chi connectivity index (χ1v) is 7.75. The predicted octanol–water partition coefficient (Wildman–Crippen LogP) is 1.46. The largest absolute Gasteiger partial charge is 0.340 e. The number of hydrogen-bond donors (Lipinski definition) is 1. The summed E-state index contributed by atoms with van der Waals surface area (Å²) in [6, 6.07) is -0.487. The number of hydrogen-bond acceptors (Lipinski definition) is 3. The summed E-state index contributed by atoms with van der Waals surface area (Å²) in [6.45, 7) is 4.51. The van der Waals surface area contributed by atoms with Crippen molar-refractivity contribution in [2.24, 2.45) is 0 Å². The van der Waals surface area contributed by atoms with Crippen LogP contribution < -0.4 is 10.2 Å². The third-order valence-electron chi connectivity index (χ3n) is 4.69. The molecule has 6 heteroatoms. The number of anilines is 1. The Labute approximate surface area is 124 Å². The maximum absolute atomic E-state index is 13.0. The van der Waals surface area contributed by atoms with Gasteiger partial charge in [0.05, 0.1) is 11.9 Å². The number of carbonyl (C=O) groups excluding carboxylic acids is 2. The lowest BCUT2D eigenvalue weighted by Gasteiger charge is -2.46. The highest BCUT2D eigenvalue weighted by molar-refractivity contribution is 6.10. The summed E-state index contributed by atoms with van der Waals surface area (Å²) in [6.07, 6.45) is 8.10. The minimum atomic E-state index is -0.698. The third kappa shape index (κ3) is 2.22. The zero-order chi connectivity index (χ0) is 15.0. The number of rotatable bonds is 2. The molecule has 1 atom stereocenters. The Kier molecular flexibility index (Phi) is 3.47. The normalized spacial score (nSPS) is 25.2. The zero-order valence-corrected chi connectivity index (χ0v) is 12.6. The number of piperazine rings is 1. The monoisotopic (exact) mass is 290 g/mol. The van der Waals surface area contributed by atoms with Gasteiger partial charge in [-0.05, 0) is 26.7 Å². The fourth-order valence-corrected chi connectivity index (χ4v) is 3.40. The maximum Gasteiger partial charge on any atom is 0.253 e. The summed E-state index contributed by atoms with van der Waals surface area (Å²) in [5, 5.41) is 7.22. The molecule has 3 rings (SSSR count). The van der Waals surface area contributed by atoms with E-state index in [1.165, 1.54) is 0 Å². The van der Waals surface area contributed by atoms with E-state index >= 15 is 0 Å². The molecule has 1 spiro atoms. The average molecular weight is 290 g/mol. The van der Waals surface area contributed by atoms with Crippen molar-refractivity contribution in [1.29, 1.82) is 0 Å². The molecule has 0 aromatic carbocycles. The van der Waals surface area contributed by atoms with E-state index < -0.39 is 11.6 Å². The van der Waals surface area contributed by atoms with Gasteiger partial charge in [0.1, 0.15) is 11.6 Å². The molecular formula is C15H22N4O2. The molecule has 2 aliphatic rings. The van der Waals surface area contributed by atoms with E-state index in [0.717, 1.165) is 38.6 Å². The van der Waals surface area contributed by atoms with Crippen molar-refractivity contribution >= 4 is 17.5 Å². The minimum Gasteiger partial charge on any atom is -0.340 e. The number of nitrogens with zero attached hydrogens (tertiary/aromatic N) is 3. The second kappa shape index (κ2) is 5.16. The summed E-state index contributed by atoms with van der Waals surface area (Å²) in [4.78, 5) is 27.0. The molecule has 0 bridgehead atoms. The molecule has 1 aliphatic carbocycles. The van der Waals surface area contributed by atoms with Crippen molar-refractivity contribution in [1.82, 2.24) is 15.1 Å². The topological polar surface area (TPSA) is 67.2 Å². The van der Waals surface area contributed by atoms with Crippen molar-refractivity contribution in [3.8, 4) is 0 Å². The number of amides is 2. The van der Waals surface area contributed by atoms with Crippen LogP contribution in [0.5, 0.6) is 0 Å². The molecule has 21 heavy (non-hydrogen) atoms. The molecule has 1 saturated heterocycles. The molecule has 2 heterocycles. The molecule has 114 valence electrons. The molecular weight excluding hydrogens is 268 g/mol. The Hall–Kier alpha value is -1.85. The first-order chi connectivity index (χ1) is 10.1. The van der Waals surface area contributed by atoms with E-state index in [2.05, 4.69) is 10.4 Å². The summed E-state index contributed by atoms with van der Waals surface area (Å²) in [5.41, 5.74) is 0.0185. The molecule has 1 aliphatic heterocycles. The van der Waals surface area contributed by atoms with E-state index in [4.69, 9.17) is 0 Å². The van der Waals surface area contributed by atoms with Gasteiger partial charge in [-0.3, -0.25) is 19.2 Å². The SMILES string of the molecule is CCn1cc(N2C(=O)C3(CCCCC3)NC(=O)C2C)cn1. The van der Waals surface area contributed by atoms with E-state index in [-0.39, 0.29) is 11.8 Å². The van der Waals surface area contributed by atoms with Crippen LogP contribution in [0.1, 0.15) is 46.0 Å². The number of carbonyl (C=O) groups is 2. The lowest BCUT2D eigenvalue weighted by atomic mass is 9.78. The van der Waals surface area contributed by atoms with Crippen LogP contribution in [0.15, 0.2) is 12.4 Å². The first kappa shape index (κ1) is 14.1. The Morgan fingerprint density at radius 3 is 2.67 bits per heavy atom. The fraction of sp³-hybridized carbons (Fsp3) is 0.667. The maximum atomic E-state index is 13.0. The van der Waals surface area contributed by atoms with Crippen molar-refractivity contribution in [2.75, 3.05) is 4.90 Å². The van der Waals surface area contributed by atoms with Gasteiger partial charge >= 0.3 is 0 Å². The van der Waals surface area contributed by atoms with Gasteiger partial charge in [-0.25, -0.2) is 0 Å². The highest BCUT2D eigenvalue weighted by atomic mass is 16.2. The molecule has 1 unspecified atom stereocenters. The Bertz CT molecular complexity index is 560. The number of nitrogens with one attached hydrogen (secondary N) is 1. The summed E-state index contributed by atoms with van der Waals surface area (Å²) >= 11 is 0. The van der Waals surface area contributed by atoms with Gasteiger partial charge in [-0.15, -0.1) is 0 Å². The van der Waals surface area contributed by atoms with Crippen LogP contribution in [0.3, 0.4) is 0 Å². The second-order valence-corrected chi connectivity index (χ2v) is 6.04.